The summed E-state index contributed by atoms with van der Waals surface area (Å²) in [5, 5.41) is 12.6. The average molecular weight is 501 g/mol. The Morgan fingerprint density at radius 1 is 1.06 bits per heavy atom. The van der Waals surface area contributed by atoms with Gasteiger partial charge in [-0.2, -0.15) is 0 Å². The largest absolute Gasteiger partial charge is 0.366 e. The van der Waals surface area contributed by atoms with Crippen molar-refractivity contribution in [1.82, 2.24) is 4.98 Å². The topological polar surface area (TPSA) is 79.6 Å². The Labute approximate surface area is 214 Å². The molecule has 4 aromatic rings. The van der Waals surface area contributed by atoms with Crippen LogP contribution in [0.25, 0.3) is 10.2 Å². The van der Waals surface area contributed by atoms with Crippen LogP contribution in [0, 0.1) is 24.0 Å². The molecule has 1 saturated heterocycles. The maximum absolute atomic E-state index is 13.9. The first kappa shape index (κ1) is 23.9. The number of nitro groups is 1. The summed E-state index contributed by atoms with van der Waals surface area (Å²) in [7, 11) is 0. The second kappa shape index (κ2) is 10.1. The molecule has 0 saturated carbocycles. The molecule has 1 aliphatic rings. The summed E-state index contributed by atoms with van der Waals surface area (Å²) in [5.74, 6) is -0.305. The van der Waals surface area contributed by atoms with Gasteiger partial charge in [-0.05, 0) is 68.0 Å². The molecule has 5 rings (SSSR count). The van der Waals surface area contributed by atoms with Crippen molar-refractivity contribution in [2.45, 2.75) is 39.7 Å². The summed E-state index contributed by atoms with van der Waals surface area (Å²) in [6.45, 7) is 5.96. The van der Waals surface area contributed by atoms with Crippen LogP contribution in [-0.2, 0) is 6.54 Å². The van der Waals surface area contributed by atoms with Crippen LogP contribution in [0.2, 0.25) is 0 Å². The Kier molecular flexibility index (Phi) is 6.69. The molecule has 8 heteroatoms. The first-order chi connectivity index (χ1) is 17.4. The lowest BCUT2D eigenvalue weighted by Gasteiger charge is -2.28. The predicted molar refractivity (Wildman–Crippen MR) is 145 cm³/mol. The van der Waals surface area contributed by atoms with E-state index in [1.165, 1.54) is 17.4 Å². The number of hydrogen-bond donors (Lipinski definition) is 0. The Hall–Kier alpha value is -3.78. The number of anilines is 2. The molecule has 0 aliphatic carbocycles. The lowest BCUT2D eigenvalue weighted by Crippen LogP contribution is -2.31. The van der Waals surface area contributed by atoms with Crippen molar-refractivity contribution in [2.24, 2.45) is 0 Å². The quantitative estimate of drug-likeness (QED) is 0.218. The third-order valence-electron chi connectivity index (χ3n) is 6.59. The average Bonchev–Trinajstić information content (AvgIpc) is 3.32. The molecule has 0 spiro atoms. The van der Waals surface area contributed by atoms with Gasteiger partial charge in [0.25, 0.3) is 11.6 Å². The molecule has 184 valence electrons. The van der Waals surface area contributed by atoms with Crippen molar-refractivity contribution in [1.29, 1.82) is 0 Å². The molecule has 1 aromatic heterocycles. The first-order valence-electron chi connectivity index (χ1n) is 12.2. The molecule has 1 aliphatic heterocycles. The van der Waals surface area contributed by atoms with E-state index in [1.54, 1.807) is 17.0 Å². The van der Waals surface area contributed by atoms with E-state index >= 15 is 0 Å². The second-order valence-corrected chi connectivity index (χ2v) is 10.3. The Morgan fingerprint density at radius 2 is 1.81 bits per heavy atom. The van der Waals surface area contributed by atoms with E-state index in [1.807, 2.05) is 44.2 Å². The van der Waals surface area contributed by atoms with E-state index in [-0.39, 0.29) is 22.1 Å². The summed E-state index contributed by atoms with van der Waals surface area (Å²) in [6.07, 6.45) is 3.16. The number of aromatic nitrogens is 1. The van der Waals surface area contributed by atoms with Crippen LogP contribution in [0.5, 0.6) is 0 Å². The fraction of sp³-hybridized carbons (Fsp3) is 0.286. The minimum atomic E-state index is -0.383. The van der Waals surface area contributed by atoms with E-state index in [0.717, 1.165) is 59.3 Å². The normalized spacial score (nSPS) is 13.7. The number of carbonyl (C=O) groups is 1. The van der Waals surface area contributed by atoms with Gasteiger partial charge in [-0.1, -0.05) is 47.7 Å². The number of thiazole rings is 1. The molecule has 7 nitrogen and oxygen atoms in total. The van der Waals surface area contributed by atoms with Gasteiger partial charge in [0.2, 0.25) is 0 Å². The van der Waals surface area contributed by atoms with Crippen LogP contribution in [0.1, 0.15) is 46.3 Å². The summed E-state index contributed by atoms with van der Waals surface area (Å²) in [4.78, 5) is 34.0. The van der Waals surface area contributed by atoms with Gasteiger partial charge >= 0.3 is 0 Å². The van der Waals surface area contributed by atoms with E-state index in [4.69, 9.17) is 4.98 Å². The third kappa shape index (κ3) is 4.81. The Morgan fingerprint density at radius 3 is 2.53 bits per heavy atom. The highest BCUT2D eigenvalue weighted by molar-refractivity contribution is 7.22. The highest BCUT2D eigenvalue weighted by atomic mass is 32.1. The van der Waals surface area contributed by atoms with Gasteiger partial charge in [0.1, 0.15) is 5.69 Å². The van der Waals surface area contributed by atoms with Crippen LogP contribution < -0.4 is 9.80 Å². The monoisotopic (exact) mass is 500 g/mol. The van der Waals surface area contributed by atoms with Crippen LogP contribution >= 0.6 is 11.3 Å². The van der Waals surface area contributed by atoms with E-state index < -0.39 is 0 Å². The smallest absolute Gasteiger partial charge is 0.293 e. The van der Waals surface area contributed by atoms with Gasteiger partial charge in [-0.15, -0.1) is 0 Å². The molecule has 36 heavy (non-hydrogen) atoms. The number of amides is 1. The third-order valence-corrected chi connectivity index (χ3v) is 7.62. The number of hydrogen-bond acceptors (Lipinski definition) is 6. The van der Waals surface area contributed by atoms with E-state index in [9.17, 15) is 14.9 Å². The number of nitrogens with zero attached hydrogens (tertiary/aromatic N) is 4. The SMILES string of the molecule is Cc1cc(C)c2nc(N(Cc3ccccc3)C(=O)c3ccc(N4CCCCC4)c([N+](=O)[O-])c3)sc2c1. The van der Waals surface area contributed by atoms with Gasteiger partial charge in [0.15, 0.2) is 5.13 Å². The maximum atomic E-state index is 13.9. The fourth-order valence-corrected chi connectivity index (χ4v) is 5.97. The molecule has 3 aromatic carbocycles. The van der Waals surface area contributed by atoms with Crippen LogP contribution in [0.3, 0.4) is 0 Å². The van der Waals surface area contributed by atoms with E-state index in [0.29, 0.717) is 17.4 Å². The van der Waals surface area contributed by atoms with Crippen molar-refractivity contribution in [3.05, 3.63) is 93.0 Å². The number of carbonyl (C=O) groups excluding carboxylic acids is 1. The molecular formula is C28H28N4O3S. The van der Waals surface area contributed by atoms with Gasteiger partial charge < -0.3 is 4.90 Å². The zero-order chi connectivity index (χ0) is 25.2. The molecule has 0 bridgehead atoms. The summed E-state index contributed by atoms with van der Waals surface area (Å²) >= 11 is 1.46. The maximum Gasteiger partial charge on any atom is 0.293 e. The van der Waals surface area contributed by atoms with E-state index in [2.05, 4.69) is 17.0 Å². The summed E-state index contributed by atoms with van der Waals surface area (Å²) in [6, 6.07) is 18.7. The first-order valence-corrected chi connectivity index (χ1v) is 13.0. The van der Waals surface area contributed by atoms with Gasteiger partial charge in [-0.25, -0.2) is 4.98 Å². The Balaban J connectivity index is 1.56. The van der Waals surface area contributed by atoms with Gasteiger partial charge in [0, 0.05) is 24.7 Å². The van der Waals surface area contributed by atoms with Crippen molar-refractivity contribution < 1.29 is 9.72 Å². The van der Waals surface area contributed by atoms with Crippen molar-refractivity contribution in [2.75, 3.05) is 22.9 Å². The molecule has 0 N–H and O–H groups in total. The van der Waals surface area contributed by atoms with Crippen LogP contribution in [0.4, 0.5) is 16.5 Å². The lowest BCUT2D eigenvalue weighted by molar-refractivity contribution is -0.384. The number of nitro benzene ring substituents is 1. The van der Waals surface area contributed by atoms with Gasteiger partial charge in [-0.3, -0.25) is 19.8 Å². The molecule has 1 fully saturated rings. The van der Waals surface area contributed by atoms with Crippen LogP contribution in [-0.4, -0.2) is 28.9 Å². The number of piperidine rings is 1. The molecule has 0 unspecified atom stereocenters. The minimum absolute atomic E-state index is 0.0295. The van der Waals surface area contributed by atoms with Crippen molar-refractivity contribution >= 4 is 44.0 Å². The molecule has 1 amide bonds. The van der Waals surface area contributed by atoms with Crippen LogP contribution in [0.15, 0.2) is 60.7 Å². The number of fused-ring (bicyclic) bond motifs is 1. The number of aryl methyl sites for hydroxylation is 2. The Bertz CT molecular complexity index is 1430. The van der Waals surface area contributed by atoms with Gasteiger partial charge in [0.05, 0.1) is 21.7 Å². The standard InChI is InChI=1S/C28H28N4O3S/c1-19-15-20(2)26-25(16-19)36-28(29-26)31(18-21-9-5-3-6-10-21)27(33)22-11-12-23(24(17-22)32(34)35)30-13-7-4-8-14-30/h3,5-6,9-12,15-17H,4,7-8,13-14,18H2,1-2H3. The molecule has 2 heterocycles. The highest BCUT2D eigenvalue weighted by Gasteiger charge is 2.27. The lowest BCUT2D eigenvalue weighted by atomic mass is 10.1. The molecule has 0 atom stereocenters. The molecule has 0 radical (unpaired) electrons. The number of benzene rings is 3. The minimum Gasteiger partial charge on any atom is -0.366 e. The van der Waals surface area contributed by atoms with Crippen molar-refractivity contribution in [3.63, 3.8) is 0 Å². The second-order valence-electron chi connectivity index (χ2n) is 9.31. The summed E-state index contributed by atoms with van der Waals surface area (Å²) < 4.78 is 1.01. The zero-order valence-corrected chi connectivity index (χ0v) is 21.3. The predicted octanol–water partition coefficient (Wildman–Crippen LogP) is 6.66. The highest BCUT2D eigenvalue weighted by Crippen LogP contribution is 2.35. The zero-order valence-electron chi connectivity index (χ0n) is 20.4. The molecular weight excluding hydrogens is 472 g/mol. The fourth-order valence-electron chi connectivity index (χ4n) is 4.83. The van der Waals surface area contributed by atoms with Crippen molar-refractivity contribution in [3.8, 4) is 0 Å². The summed E-state index contributed by atoms with van der Waals surface area (Å²) in [5.41, 5.74) is 4.86. The number of rotatable bonds is 6.